The average Bonchev–Trinajstić information content (AvgIpc) is 2.03. The Morgan fingerprint density at radius 2 is 0.417 bits per heavy atom. The standard InChI is InChI=1S/4CN.3H2O.Os/c4*1-2;;;;/h;;;;3*1H2;/q4*-1;;;;+4. The Balaban J connectivity index is -0.00000000267. The van der Waals surface area contributed by atoms with Gasteiger partial charge in [0.2, 0.25) is 0 Å². The summed E-state index contributed by atoms with van der Waals surface area (Å²) in [6.07, 6.45) is 0. The maximum atomic E-state index is 6.25. The van der Waals surface area contributed by atoms with Crippen LogP contribution in [0.5, 0.6) is 0 Å². The first kappa shape index (κ1) is 153. The second-order valence-corrected chi connectivity index (χ2v) is 0. The van der Waals surface area contributed by atoms with E-state index in [2.05, 4.69) is 0 Å². The second-order valence-electron chi connectivity index (χ2n) is 0. The van der Waals surface area contributed by atoms with Gasteiger partial charge in [0, 0.05) is 0 Å². The van der Waals surface area contributed by atoms with E-state index < -0.39 is 0 Å². The molecule has 0 unspecified atom stereocenters. The van der Waals surface area contributed by atoms with Gasteiger partial charge in [-0.2, -0.15) is 0 Å². The van der Waals surface area contributed by atoms with Crippen LogP contribution < -0.4 is 0 Å². The average molecular weight is 348 g/mol. The Bertz CT molecular complexity index is 65.3. The van der Waals surface area contributed by atoms with E-state index in [1.165, 1.54) is 0 Å². The van der Waals surface area contributed by atoms with Crippen molar-refractivity contribution in [1.82, 2.24) is 0 Å². The Kier molecular flexibility index (Phi) is 3750. The minimum atomic E-state index is 0. The van der Waals surface area contributed by atoms with Gasteiger partial charge >= 0.3 is 19.8 Å². The first-order valence-electron chi connectivity index (χ1n) is 0.894. The van der Waals surface area contributed by atoms with Gasteiger partial charge in [-0.1, -0.05) is 0 Å². The van der Waals surface area contributed by atoms with Crippen molar-refractivity contribution in [2.24, 2.45) is 0 Å². The topological polar surface area (TPSA) is 190 Å². The molecule has 0 spiro atoms. The van der Waals surface area contributed by atoms with Crippen molar-refractivity contribution in [1.29, 1.82) is 21.0 Å². The molecule has 0 amide bonds. The van der Waals surface area contributed by atoms with E-state index in [4.69, 9.17) is 47.3 Å². The molecule has 0 saturated carbocycles. The normalized spacial score (nSPS) is 0.667. The van der Waals surface area contributed by atoms with Crippen molar-refractivity contribution in [2.75, 3.05) is 0 Å². The molecule has 0 rings (SSSR count). The van der Waals surface area contributed by atoms with Crippen molar-refractivity contribution in [3.63, 3.8) is 0 Å². The van der Waals surface area contributed by atoms with Crippen molar-refractivity contribution < 1.29 is 36.2 Å². The molecular formula is C4H6N4O3Os. The zero-order chi connectivity index (χ0) is 8.00. The summed E-state index contributed by atoms with van der Waals surface area (Å²) in [5.74, 6) is 0. The van der Waals surface area contributed by atoms with Crippen molar-refractivity contribution in [3.05, 3.63) is 26.3 Å². The van der Waals surface area contributed by atoms with Crippen LogP contribution in [0.1, 0.15) is 0 Å². The minimum Gasteiger partial charge on any atom is -0.512 e. The van der Waals surface area contributed by atoms with Crippen LogP contribution >= 0.6 is 0 Å². The fourth-order valence-corrected chi connectivity index (χ4v) is 0. The molecule has 0 heterocycles. The van der Waals surface area contributed by atoms with Crippen molar-refractivity contribution >= 4 is 0 Å². The molecule has 0 aromatic carbocycles. The van der Waals surface area contributed by atoms with Crippen LogP contribution in [0.4, 0.5) is 0 Å². The zero-order valence-corrected chi connectivity index (χ0v) is 8.18. The third kappa shape index (κ3) is 204. The molecule has 12 heavy (non-hydrogen) atoms. The summed E-state index contributed by atoms with van der Waals surface area (Å²) < 4.78 is 0. The Hall–Kier alpha value is -1.52. The predicted octanol–water partition coefficient (Wildman–Crippen LogP) is -2.09. The summed E-state index contributed by atoms with van der Waals surface area (Å²) in [4.78, 5) is 0. The molecule has 7 nitrogen and oxygen atoms in total. The van der Waals surface area contributed by atoms with E-state index in [1.807, 2.05) is 0 Å². The molecule has 0 bridgehead atoms. The van der Waals surface area contributed by atoms with E-state index >= 15 is 0 Å². The largest absolute Gasteiger partial charge is 4.00 e. The first-order chi connectivity index (χ1) is 4.00. The van der Waals surface area contributed by atoms with Gasteiger partial charge in [0.25, 0.3) is 0 Å². The smallest absolute Gasteiger partial charge is 0.512 e. The SMILES string of the molecule is O.O.O.[C-]#N.[C-]#N.[C-]#N.[C-]#N.[Os+4]. The molecule has 68 valence electrons. The van der Waals surface area contributed by atoms with E-state index in [0.29, 0.717) is 0 Å². The van der Waals surface area contributed by atoms with Crippen molar-refractivity contribution in [3.8, 4) is 0 Å². The van der Waals surface area contributed by atoms with Gasteiger partial charge < -0.3 is 63.8 Å². The van der Waals surface area contributed by atoms with Gasteiger partial charge in [0.1, 0.15) is 0 Å². The molecule has 0 saturated heterocycles. The fourth-order valence-electron chi connectivity index (χ4n) is 0. The van der Waals surface area contributed by atoms with Crippen LogP contribution in [0.3, 0.4) is 0 Å². The predicted molar refractivity (Wildman–Crippen MR) is 30.7 cm³/mol. The zero-order valence-electron chi connectivity index (χ0n) is 5.64. The summed E-state index contributed by atoms with van der Waals surface area (Å²) in [5.41, 5.74) is 0. The summed E-state index contributed by atoms with van der Waals surface area (Å²) in [6, 6.07) is 0. The summed E-state index contributed by atoms with van der Waals surface area (Å²) in [7, 11) is 0. The first-order valence-corrected chi connectivity index (χ1v) is 0.894. The Labute approximate surface area is 84.0 Å². The second kappa shape index (κ2) is 293. The van der Waals surface area contributed by atoms with Crippen LogP contribution in [-0.2, 0) is 19.8 Å². The van der Waals surface area contributed by atoms with Crippen molar-refractivity contribution in [2.45, 2.75) is 0 Å². The summed E-state index contributed by atoms with van der Waals surface area (Å²) >= 11 is 0. The number of hydrogen-bond donors (Lipinski definition) is 0. The quantitative estimate of drug-likeness (QED) is 0.453. The summed E-state index contributed by atoms with van der Waals surface area (Å²) in [5, 5.41) is 25.0. The van der Waals surface area contributed by atoms with Gasteiger partial charge in [-0.05, 0) is 0 Å². The van der Waals surface area contributed by atoms with Gasteiger partial charge in [-0.3, -0.25) is 0 Å². The third-order valence-corrected chi connectivity index (χ3v) is 0. The molecule has 0 atom stereocenters. The minimum absolute atomic E-state index is 0. The molecule has 8 heteroatoms. The molecule has 0 aliphatic heterocycles. The number of nitrogens with zero attached hydrogens (tertiary/aromatic N) is 4. The van der Waals surface area contributed by atoms with Gasteiger partial charge in [0.15, 0.2) is 0 Å². The third-order valence-electron chi connectivity index (χ3n) is 0. The monoisotopic (exact) mass is 350 g/mol. The molecule has 0 aromatic heterocycles. The van der Waals surface area contributed by atoms with Crippen LogP contribution in [0.15, 0.2) is 0 Å². The number of hydrogen-bond acceptors (Lipinski definition) is 4. The molecular weight excluding hydrogens is 342 g/mol. The van der Waals surface area contributed by atoms with Crippen LogP contribution in [0.25, 0.3) is 0 Å². The molecule has 0 aliphatic carbocycles. The molecule has 0 radical (unpaired) electrons. The van der Waals surface area contributed by atoms with E-state index in [-0.39, 0.29) is 36.2 Å². The van der Waals surface area contributed by atoms with Crippen LogP contribution in [0, 0.1) is 47.3 Å². The van der Waals surface area contributed by atoms with Crippen LogP contribution in [-0.4, -0.2) is 16.4 Å². The van der Waals surface area contributed by atoms with E-state index in [0.717, 1.165) is 0 Å². The van der Waals surface area contributed by atoms with Gasteiger partial charge in [0.05, 0.1) is 0 Å². The Morgan fingerprint density at radius 1 is 0.417 bits per heavy atom. The van der Waals surface area contributed by atoms with E-state index in [9.17, 15) is 0 Å². The molecule has 0 fully saturated rings. The molecule has 6 N–H and O–H groups in total. The summed E-state index contributed by atoms with van der Waals surface area (Å²) in [6.45, 7) is 19.0. The fraction of sp³-hybridized carbons (Fsp3) is 0. The molecule has 0 aromatic rings. The Morgan fingerprint density at radius 3 is 0.417 bits per heavy atom. The van der Waals surface area contributed by atoms with Gasteiger partial charge in [-0.25, -0.2) is 0 Å². The maximum absolute atomic E-state index is 6.25. The molecule has 0 aliphatic rings. The number of rotatable bonds is 0. The van der Waals surface area contributed by atoms with Crippen LogP contribution in [0.2, 0.25) is 0 Å². The maximum Gasteiger partial charge on any atom is 4.00 e. The van der Waals surface area contributed by atoms with E-state index in [1.54, 1.807) is 0 Å². The van der Waals surface area contributed by atoms with Gasteiger partial charge in [-0.15, -0.1) is 0 Å².